The highest BCUT2D eigenvalue weighted by atomic mass is 16.2. The van der Waals surface area contributed by atoms with Crippen LogP contribution in [0.25, 0.3) is 11.2 Å². The predicted molar refractivity (Wildman–Crippen MR) is 71.3 cm³/mol. The van der Waals surface area contributed by atoms with Gasteiger partial charge in [0.25, 0.3) is 5.56 Å². The minimum absolute atomic E-state index is 0.103. The SMILES string of the molecule is NCCCCCCn1c(=O)[nH]c2[nH]c(=O)[nH]c2c1=O. The van der Waals surface area contributed by atoms with E-state index in [0.29, 0.717) is 13.1 Å². The zero-order valence-corrected chi connectivity index (χ0v) is 10.5. The van der Waals surface area contributed by atoms with Gasteiger partial charge in [-0.15, -0.1) is 0 Å². The first-order chi connectivity index (χ1) is 9.13. The van der Waals surface area contributed by atoms with Crippen molar-refractivity contribution in [3.8, 4) is 0 Å². The van der Waals surface area contributed by atoms with Gasteiger partial charge in [-0.25, -0.2) is 9.59 Å². The van der Waals surface area contributed by atoms with Gasteiger partial charge < -0.3 is 5.73 Å². The second-order valence-corrected chi connectivity index (χ2v) is 4.42. The number of H-pyrrole nitrogens is 3. The molecule has 0 aliphatic carbocycles. The summed E-state index contributed by atoms with van der Waals surface area (Å²) in [5.41, 5.74) is 4.13. The van der Waals surface area contributed by atoms with Gasteiger partial charge in [-0.2, -0.15) is 0 Å². The van der Waals surface area contributed by atoms with Crippen LogP contribution in [0.2, 0.25) is 0 Å². The topological polar surface area (TPSA) is 130 Å². The molecule has 0 bridgehead atoms. The summed E-state index contributed by atoms with van der Waals surface area (Å²) in [6.45, 7) is 0.985. The molecule has 0 spiro atoms. The van der Waals surface area contributed by atoms with Crippen molar-refractivity contribution in [2.45, 2.75) is 32.2 Å². The Morgan fingerprint density at radius 2 is 1.68 bits per heavy atom. The average molecular weight is 267 g/mol. The molecule has 19 heavy (non-hydrogen) atoms. The third kappa shape index (κ3) is 2.84. The Hall–Kier alpha value is -2.09. The maximum Gasteiger partial charge on any atom is 0.330 e. The molecule has 0 atom stereocenters. The van der Waals surface area contributed by atoms with Crippen molar-refractivity contribution in [3.63, 3.8) is 0 Å². The highest BCUT2D eigenvalue weighted by Crippen LogP contribution is 2.00. The molecule has 0 aromatic carbocycles. The number of fused-ring (bicyclic) bond motifs is 1. The number of nitrogens with two attached hydrogens (primary N) is 1. The van der Waals surface area contributed by atoms with E-state index in [1.807, 2.05) is 0 Å². The summed E-state index contributed by atoms with van der Waals surface area (Å²) in [4.78, 5) is 42.1. The molecule has 0 aliphatic heterocycles. The second-order valence-electron chi connectivity index (χ2n) is 4.42. The molecule has 8 nitrogen and oxygen atoms in total. The van der Waals surface area contributed by atoms with E-state index < -0.39 is 16.9 Å². The van der Waals surface area contributed by atoms with Crippen molar-refractivity contribution < 1.29 is 0 Å². The summed E-state index contributed by atoms with van der Waals surface area (Å²) in [7, 11) is 0. The van der Waals surface area contributed by atoms with Crippen LogP contribution in [0.15, 0.2) is 14.4 Å². The lowest BCUT2D eigenvalue weighted by molar-refractivity contribution is 0.549. The van der Waals surface area contributed by atoms with Gasteiger partial charge in [0, 0.05) is 6.54 Å². The van der Waals surface area contributed by atoms with Crippen LogP contribution in [0.3, 0.4) is 0 Å². The molecule has 0 amide bonds. The lowest BCUT2D eigenvalue weighted by Gasteiger charge is -2.04. The maximum absolute atomic E-state index is 12.0. The molecule has 0 saturated carbocycles. The van der Waals surface area contributed by atoms with Crippen molar-refractivity contribution in [1.29, 1.82) is 0 Å². The highest BCUT2D eigenvalue weighted by molar-refractivity contribution is 5.67. The molecule has 5 N–H and O–H groups in total. The molecular formula is C11H17N5O3. The lowest BCUT2D eigenvalue weighted by atomic mass is 10.2. The van der Waals surface area contributed by atoms with Crippen LogP contribution in [-0.2, 0) is 6.54 Å². The Kier molecular flexibility index (Phi) is 4.00. The molecule has 0 fully saturated rings. The number of nitrogens with zero attached hydrogens (tertiary/aromatic N) is 1. The van der Waals surface area contributed by atoms with E-state index in [9.17, 15) is 14.4 Å². The highest BCUT2D eigenvalue weighted by Gasteiger charge is 2.09. The molecule has 0 unspecified atom stereocenters. The van der Waals surface area contributed by atoms with Gasteiger partial charge in [0.15, 0.2) is 5.52 Å². The maximum atomic E-state index is 12.0. The lowest BCUT2D eigenvalue weighted by Crippen LogP contribution is -2.35. The molecule has 2 aromatic rings. The third-order valence-corrected chi connectivity index (χ3v) is 3.00. The molecule has 0 radical (unpaired) electrons. The van der Waals surface area contributed by atoms with E-state index in [2.05, 4.69) is 15.0 Å². The number of nitrogens with one attached hydrogen (secondary N) is 3. The largest absolute Gasteiger partial charge is 0.330 e. The number of aromatic nitrogens is 4. The molecule has 2 aromatic heterocycles. The average Bonchev–Trinajstić information content (AvgIpc) is 2.73. The Labute approximate surface area is 107 Å². The van der Waals surface area contributed by atoms with E-state index in [4.69, 9.17) is 5.73 Å². The zero-order chi connectivity index (χ0) is 13.8. The first kappa shape index (κ1) is 13.3. The standard InChI is InChI=1S/C11H17N5O3/c12-5-3-1-2-4-6-16-9(17)7-8(15-11(16)19)14-10(18)13-7/h1-6,12H2,(H,15,19)(H2,13,14,18). The van der Waals surface area contributed by atoms with Gasteiger partial charge >= 0.3 is 11.4 Å². The van der Waals surface area contributed by atoms with Gasteiger partial charge in [0.05, 0.1) is 0 Å². The van der Waals surface area contributed by atoms with Gasteiger partial charge in [-0.3, -0.25) is 24.3 Å². The minimum atomic E-state index is -0.511. The minimum Gasteiger partial charge on any atom is -0.330 e. The van der Waals surface area contributed by atoms with Crippen molar-refractivity contribution in [2.75, 3.05) is 6.54 Å². The Morgan fingerprint density at radius 3 is 2.42 bits per heavy atom. The van der Waals surface area contributed by atoms with Gasteiger partial charge in [0.1, 0.15) is 5.65 Å². The second kappa shape index (κ2) is 5.70. The van der Waals surface area contributed by atoms with Gasteiger partial charge in [-0.05, 0) is 19.4 Å². The van der Waals surface area contributed by atoms with E-state index in [1.54, 1.807) is 0 Å². The Balaban J connectivity index is 2.21. The van der Waals surface area contributed by atoms with Crippen molar-refractivity contribution >= 4 is 11.2 Å². The molecule has 2 rings (SSSR count). The number of unbranched alkanes of at least 4 members (excludes halogenated alkanes) is 3. The number of aromatic amines is 3. The number of imidazole rings is 1. The zero-order valence-electron chi connectivity index (χ0n) is 10.5. The predicted octanol–water partition coefficient (Wildman–Crippen LogP) is -0.775. The first-order valence-electron chi connectivity index (χ1n) is 6.28. The van der Waals surface area contributed by atoms with E-state index >= 15 is 0 Å². The fourth-order valence-electron chi connectivity index (χ4n) is 2.01. The third-order valence-electron chi connectivity index (χ3n) is 3.00. The molecule has 8 heteroatoms. The van der Waals surface area contributed by atoms with Crippen LogP contribution in [-0.4, -0.2) is 26.1 Å². The first-order valence-corrected chi connectivity index (χ1v) is 6.28. The van der Waals surface area contributed by atoms with Crippen LogP contribution in [0.5, 0.6) is 0 Å². The summed E-state index contributed by atoms with van der Waals surface area (Å²) < 4.78 is 1.11. The fraction of sp³-hybridized carbons (Fsp3) is 0.545. The number of hydrogen-bond acceptors (Lipinski definition) is 4. The monoisotopic (exact) mass is 267 g/mol. The molecule has 104 valence electrons. The fourth-order valence-corrected chi connectivity index (χ4v) is 2.01. The van der Waals surface area contributed by atoms with Crippen molar-refractivity contribution in [3.05, 3.63) is 31.3 Å². The van der Waals surface area contributed by atoms with Crippen LogP contribution < -0.4 is 22.7 Å². The summed E-state index contributed by atoms with van der Waals surface area (Å²) >= 11 is 0. The Morgan fingerprint density at radius 1 is 0.947 bits per heavy atom. The van der Waals surface area contributed by atoms with Gasteiger partial charge in [0.2, 0.25) is 0 Å². The van der Waals surface area contributed by atoms with Crippen molar-refractivity contribution in [2.24, 2.45) is 5.73 Å². The van der Waals surface area contributed by atoms with Crippen LogP contribution in [0.4, 0.5) is 0 Å². The van der Waals surface area contributed by atoms with E-state index in [1.165, 1.54) is 0 Å². The van der Waals surface area contributed by atoms with Crippen LogP contribution >= 0.6 is 0 Å². The smallest absolute Gasteiger partial charge is 0.330 e. The van der Waals surface area contributed by atoms with Crippen LogP contribution in [0, 0.1) is 0 Å². The summed E-state index contributed by atoms with van der Waals surface area (Å²) in [6.07, 6.45) is 3.55. The number of rotatable bonds is 6. The molecule has 0 saturated heterocycles. The number of hydrogen-bond donors (Lipinski definition) is 4. The summed E-state index contributed by atoms with van der Waals surface area (Å²) in [5.74, 6) is 0. The van der Waals surface area contributed by atoms with E-state index in [-0.39, 0.29) is 11.2 Å². The molecule has 0 aliphatic rings. The quantitative estimate of drug-likeness (QED) is 0.512. The van der Waals surface area contributed by atoms with Crippen molar-refractivity contribution in [1.82, 2.24) is 19.5 Å². The normalized spacial score (nSPS) is 11.2. The molecular weight excluding hydrogens is 250 g/mol. The van der Waals surface area contributed by atoms with E-state index in [0.717, 1.165) is 30.3 Å². The summed E-state index contributed by atoms with van der Waals surface area (Å²) in [6, 6.07) is 0. The molecule has 2 heterocycles. The summed E-state index contributed by atoms with van der Waals surface area (Å²) in [5, 5.41) is 0. The Bertz CT molecular complexity index is 720. The van der Waals surface area contributed by atoms with Gasteiger partial charge in [-0.1, -0.05) is 12.8 Å². The van der Waals surface area contributed by atoms with Crippen LogP contribution in [0.1, 0.15) is 25.7 Å².